The molecule has 0 amide bonds. The average molecular weight is 414 g/mol. The van der Waals surface area contributed by atoms with Crippen molar-refractivity contribution in [1.29, 1.82) is 0 Å². The Morgan fingerprint density at radius 1 is 1.06 bits per heavy atom. The van der Waals surface area contributed by atoms with Gasteiger partial charge in [-0.05, 0) is 105 Å². The van der Waals surface area contributed by atoms with E-state index in [0.717, 1.165) is 24.9 Å². The summed E-state index contributed by atoms with van der Waals surface area (Å²) in [7, 11) is 1.98. The lowest BCUT2D eigenvalue weighted by Gasteiger charge is -2.54. The second kappa shape index (κ2) is 7.40. The maximum absolute atomic E-state index is 12.2. The van der Waals surface area contributed by atoms with Crippen molar-refractivity contribution in [3.05, 3.63) is 52.6 Å². The smallest absolute Gasteiger partial charge is 0.156 e. The number of rotatable bonds is 2. The number of fused-ring (bicyclic) bond motifs is 4. The van der Waals surface area contributed by atoms with Crippen LogP contribution in [0.3, 0.4) is 0 Å². The number of hydrogen-bond acceptors (Lipinski definition) is 2. The molecule has 2 unspecified atom stereocenters. The van der Waals surface area contributed by atoms with Gasteiger partial charge in [-0.1, -0.05) is 30.6 Å². The van der Waals surface area contributed by atoms with Gasteiger partial charge in [-0.3, -0.25) is 4.79 Å². The highest BCUT2D eigenvalue weighted by atomic mass is 16.1. The minimum Gasteiger partial charge on any atom is -0.388 e. The predicted molar refractivity (Wildman–Crippen MR) is 128 cm³/mol. The zero-order chi connectivity index (χ0) is 21.8. The van der Waals surface area contributed by atoms with Crippen LogP contribution in [0.4, 0.5) is 5.69 Å². The third kappa shape index (κ3) is 3.04. The highest BCUT2D eigenvalue weighted by Crippen LogP contribution is 2.69. The molecule has 0 bridgehead atoms. The summed E-state index contributed by atoms with van der Waals surface area (Å²) in [6.07, 6.45) is 9.52. The van der Waals surface area contributed by atoms with E-state index in [1.165, 1.54) is 36.0 Å². The lowest BCUT2D eigenvalue weighted by molar-refractivity contribution is -0.114. The zero-order valence-corrected chi connectivity index (χ0v) is 19.5. The van der Waals surface area contributed by atoms with Gasteiger partial charge in [-0.25, -0.2) is 0 Å². The molecule has 2 nitrogen and oxygen atoms in total. The normalized spacial score (nSPS) is 36.6. The molecule has 31 heavy (non-hydrogen) atoms. The fourth-order valence-electron chi connectivity index (χ4n) is 7.57. The SMILES string of the molecule is CC#C[C@]1(C)CCC2C3CCC4=CC(=O)CCC4=C3[C@@H](c3ccc(NC)cc3)C[C@@]21C. The van der Waals surface area contributed by atoms with Crippen LogP contribution < -0.4 is 5.32 Å². The van der Waals surface area contributed by atoms with Crippen LogP contribution in [0.25, 0.3) is 0 Å². The van der Waals surface area contributed by atoms with Crippen molar-refractivity contribution in [2.45, 2.75) is 71.6 Å². The maximum Gasteiger partial charge on any atom is 0.156 e. The molecule has 5 atom stereocenters. The summed E-state index contributed by atoms with van der Waals surface area (Å²) >= 11 is 0. The van der Waals surface area contributed by atoms with Crippen molar-refractivity contribution in [1.82, 2.24) is 0 Å². The van der Waals surface area contributed by atoms with E-state index in [1.54, 1.807) is 5.57 Å². The highest BCUT2D eigenvalue weighted by molar-refractivity contribution is 5.93. The van der Waals surface area contributed by atoms with E-state index < -0.39 is 0 Å². The Bertz CT molecular complexity index is 1030. The van der Waals surface area contributed by atoms with Crippen molar-refractivity contribution < 1.29 is 4.79 Å². The number of ketones is 1. The second-order valence-corrected chi connectivity index (χ2v) is 10.6. The molecular weight excluding hydrogens is 378 g/mol. The first kappa shape index (κ1) is 20.6. The van der Waals surface area contributed by atoms with E-state index in [2.05, 4.69) is 55.3 Å². The van der Waals surface area contributed by atoms with Gasteiger partial charge in [-0.2, -0.15) is 0 Å². The molecule has 4 aliphatic carbocycles. The molecule has 1 aromatic carbocycles. The second-order valence-electron chi connectivity index (χ2n) is 10.6. The Labute approximate surface area is 187 Å². The van der Waals surface area contributed by atoms with Crippen LogP contribution in [0, 0.1) is 34.5 Å². The van der Waals surface area contributed by atoms with Gasteiger partial charge in [0.2, 0.25) is 0 Å². The Kier molecular flexibility index (Phi) is 4.93. The maximum atomic E-state index is 12.2. The van der Waals surface area contributed by atoms with E-state index in [0.29, 0.717) is 30.0 Å². The molecule has 2 fully saturated rings. The van der Waals surface area contributed by atoms with Crippen LogP contribution in [-0.4, -0.2) is 12.8 Å². The topological polar surface area (TPSA) is 29.1 Å². The Morgan fingerprint density at radius 3 is 2.55 bits per heavy atom. The van der Waals surface area contributed by atoms with E-state index in [1.807, 2.05) is 20.0 Å². The third-order valence-corrected chi connectivity index (χ3v) is 9.34. The number of carbonyl (C=O) groups excluding carboxylic acids is 1. The molecule has 0 spiro atoms. The van der Waals surface area contributed by atoms with E-state index in [-0.39, 0.29) is 10.8 Å². The van der Waals surface area contributed by atoms with Crippen LogP contribution >= 0.6 is 0 Å². The molecule has 0 heterocycles. The molecule has 4 aliphatic rings. The van der Waals surface area contributed by atoms with Gasteiger partial charge in [0.25, 0.3) is 0 Å². The summed E-state index contributed by atoms with van der Waals surface area (Å²) in [4.78, 5) is 12.2. The van der Waals surface area contributed by atoms with Gasteiger partial charge in [0, 0.05) is 30.5 Å². The number of hydrogen-bond donors (Lipinski definition) is 1. The highest BCUT2D eigenvalue weighted by Gasteiger charge is 2.60. The van der Waals surface area contributed by atoms with E-state index in [9.17, 15) is 4.79 Å². The minimum atomic E-state index is 0.0877. The standard InChI is InChI=1S/C29H35NO/c1-5-15-28(2)16-14-26-24-12-8-20-17-22(31)11-13-23(20)27(24)25(18-29(26,28)3)19-6-9-21(30-4)10-7-19/h6-7,9-10,17,24-26,30H,8,11-14,16,18H2,1-4H3/t24?,25-,26?,28-,29+/m1/s1. The zero-order valence-electron chi connectivity index (χ0n) is 19.5. The molecular formula is C29H35NO. The van der Waals surface area contributed by atoms with Crippen LogP contribution in [0.5, 0.6) is 0 Å². The molecule has 162 valence electrons. The van der Waals surface area contributed by atoms with Gasteiger partial charge in [0.15, 0.2) is 5.78 Å². The lowest BCUT2D eigenvalue weighted by atomic mass is 9.49. The van der Waals surface area contributed by atoms with Gasteiger partial charge >= 0.3 is 0 Å². The lowest BCUT2D eigenvalue weighted by Crippen LogP contribution is -2.46. The van der Waals surface area contributed by atoms with Crippen molar-refractivity contribution in [3.63, 3.8) is 0 Å². The molecule has 0 aromatic heterocycles. The molecule has 2 heteroatoms. The van der Waals surface area contributed by atoms with Crippen molar-refractivity contribution in [3.8, 4) is 11.8 Å². The summed E-state index contributed by atoms with van der Waals surface area (Å²) in [5.41, 5.74) is 7.47. The molecule has 0 aliphatic heterocycles. The first-order valence-corrected chi connectivity index (χ1v) is 12.1. The summed E-state index contributed by atoms with van der Waals surface area (Å²) < 4.78 is 0. The van der Waals surface area contributed by atoms with E-state index in [4.69, 9.17) is 0 Å². The summed E-state index contributed by atoms with van der Waals surface area (Å²) in [5.74, 6) is 9.04. The van der Waals surface area contributed by atoms with Gasteiger partial charge in [0.1, 0.15) is 0 Å². The summed E-state index contributed by atoms with van der Waals surface area (Å²) in [5, 5.41) is 3.26. The number of anilines is 1. The first-order valence-electron chi connectivity index (χ1n) is 12.1. The first-order chi connectivity index (χ1) is 14.9. The largest absolute Gasteiger partial charge is 0.388 e. The fourth-order valence-corrected chi connectivity index (χ4v) is 7.57. The van der Waals surface area contributed by atoms with Gasteiger partial charge in [0.05, 0.1) is 0 Å². The molecule has 1 aromatic rings. The van der Waals surface area contributed by atoms with Crippen molar-refractivity contribution in [2.75, 3.05) is 12.4 Å². The molecule has 0 radical (unpaired) electrons. The number of nitrogens with one attached hydrogen (secondary N) is 1. The monoisotopic (exact) mass is 413 g/mol. The van der Waals surface area contributed by atoms with E-state index >= 15 is 0 Å². The Hall–Kier alpha value is -2.27. The Morgan fingerprint density at radius 2 is 1.84 bits per heavy atom. The molecule has 0 saturated heterocycles. The quantitative estimate of drug-likeness (QED) is 0.549. The van der Waals surface area contributed by atoms with Crippen LogP contribution in [0.15, 0.2) is 47.1 Å². The van der Waals surface area contributed by atoms with Crippen molar-refractivity contribution in [2.24, 2.45) is 22.7 Å². The summed E-state index contributed by atoms with van der Waals surface area (Å²) in [6.45, 7) is 6.97. The average Bonchev–Trinajstić information content (AvgIpc) is 3.03. The van der Waals surface area contributed by atoms with Crippen LogP contribution in [-0.2, 0) is 4.79 Å². The van der Waals surface area contributed by atoms with Gasteiger partial charge < -0.3 is 5.32 Å². The Balaban J connectivity index is 1.68. The third-order valence-electron chi connectivity index (χ3n) is 9.34. The predicted octanol–water partition coefficient (Wildman–Crippen LogP) is 6.66. The molecule has 1 N–H and O–H groups in total. The molecule has 2 saturated carbocycles. The number of benzene rings is 1. The number of allylic oxidation sites excluding steroid dienone is 4. The minimum absolute atomic E-state index is 0.0877. The fraction of sp³-hybridized carbons (Fsp3) is 0.552. The van der Waals surface area contributed by atoms with Crippen LogP contribution in [0.2, 0.25) is 0 Å². The number of carbonyl (C=O) groups is 1. The van der Waals surface area contributed by atoms with Crippen molar-refractivity contribution >= 4 is 11.5 Å². The van der Waals surface area contributed by atoms with Gasteiger partial charge in [-0.15, -0.1) is 5.92 Å². The summed E-state index contributed by atoms with van der Waals surface area (Å²) in [6, 6.07) is 9.09. The van der Waals surface area contributed by atoms with Crippen LogP contribution in [0.1, 0.15) is 77.2 Å². The molecule has 5 rings (SSSR count).